The molecule has 1 saturated carbocycles. The van der Waals surface area contributed by atoms with Crippen molar-refractivity contribution >= 4 is 27.5 Å². The Morgan fingerprint density at radius 2 is 2.14 bits per heavy atom. The highest BCUT2D eigenvalue weighted by molar-refractivity contribution is 8.00. The first-order valence-corrected chi connectivity index (χ1v) is 9.70. The maximum atomic E-state index is 12.5. The first kappa shape index (κ1) is 16.5. The quantitative estimate of drug-likeness (QED) is 0.749. The first-order valence-electron chi connectivity index (χ1n) is 6.99. The van der Waals surface area contributed by atoms with E-state index < -0.39 is 10.0 Å². The van der Waals surface area contributed by atoms with Gasteiger partial charge in [0, 0.05) is 17.0 Å². The second kappa shape index (κ2) is 6.46. The van der Waals surface area contributed by atoms with Crippen LogP contribution >= 0.6 is 11.8 Å². The fourth-order valence-corrected chi connectivity index (χ4v) is 4.65. The van der Waals surface area contributed by atoms with Crippen LogP contribution in [0.4, 0.5) is 5.69 Å². The Hall–Kier alpha value is -0.920. The second-order valence-electron chi connectivity index (χ2n) is 5.20. The van der Waals surface area contributed by atoms with Crippen LogP contribution in [0, 0.1) is 0 Å². The third-order valence-corrected chi connectivity index (χ3v) is 6.68. The van der Waals surface area contributed by atoms with Crippen LogP contribution in [0.2, 0.25) is 0 Å². The molecule has 0 spiro atoms. The standard InChI is InChI=1S/C14H22N2O3S2/c1-3-19-12-6-5-11(15)9-13(12)21(17,18)16-10-14(20-2)7-4-8-14/h5-6,9,16H,3-4,7-8,10,15H2,1-2H3. The van der Waals surface area contributed by atoms with Crippen LogP contribution in [0.1, 0.15) is 26.2 Å². The molecule has 5 nitrogen and oxygen atoms in total. The van der Waals surface area contributed by atoms with Crippen LogP contribution in [0.25, 0.3) is 0 Å². The summed E-state index contributed by atoms with van der Waals surface area (Å²) in [6.45, 7) is 2.66. The van der Waals surface area contributed by atoms with E-state index in [1.165, 1.54) is 6.07 Å². The minimum absolute atomic E-state index is 0.0408. The Morgan fingerprint density at radius 3 is 2.67 bits per heavy atom. The number of anilines is 1. The number of hydrogen-bond acceptors (Lipinski definition) is 5. The minimum Gasteiger partial charge on any atom is -0.492 e. The van der Waals surface area contributed by atoms with Gasteiger partial charge in [-0.15, -0.1) is 0 Å². The number of nitrogens with two attached hydrogens (primary N) is 1. The van der Waals surface area contributed by atoms with Crippen molar-refractivity contribution in [3.63, 3.8) is 0 Å². The van der Waals surface area contributed by atoms with E-state index in [0.29, 0.717) is 24.6 Å². The second-order valence-corrected chi connectivity index (χ2v) is 8.21. The molecule has 118 valence electrons. The number of nitrogens with one attached hydrogen (secondary N) is 1. The Labute approximate surface area is 130 Å². The third kappa shape index (κ3) is 3.64. The summed E-state index contributed by atoms with van der Waals surface area (Å²) in [5, 5.41) is 0. The van der Waals surface area contributed by atoms with E-state index in [2.05, 4.69) is 4.72 Å². The van der Waals surface area contributed by atoms with E-state index in [-0.39, 0.29) is 9.64 Å². The molecule has 2 rings (SSSR count). The van der Waals surface area contributed by atoms with Gasteiger partial charge in [0.1, 0.15) is 10.6 Å². The molecule has 21 heavy (non-hydrogen) atoms. The number of sulfonamides is 1. The van der Waals surface area contributed by atoms with Crippen molar-refractivity contribution in [1.29, 1.82) is 0 Å². The van der Waals surface area contributed by atoms with E-state index in [9.17, 15) is 8.42 Å². The smallest absolute Gasteiger partial charge is 0.244 e. The highest BCUT2D eigenvalue weighted by Gasteiger charge is 2.37. The van der Waals surface area contributed by atoms with Gasteiger partial charge in [0.2, 0.25) is 10.0 Å². The van der Waals surface area contributed by atoms with Crippen LogP contribution in [-0.4, -0.2) is 32.6 Å². The van der Waals surface area contributed by atoms with Gasteiger partial charge in [-0.1, -0.05) is 6.42 Å². The zero-order valence-electron chi connectivity index (χ0n) is 12.4. The summed E-state index contributed by atoms with van der Waals surface area (Å²) in [4.78, 5) is 0.111. The van der Waals surface area contributed by atoms with Crippen LogP contribution in [0.15, 0.2) is 23.1 Å². The lowest BCUT2D eigenvalue weighted by Crippen LogP contribution is -2.45. The van der Waals surface area contributed by atoms with Gasteiger partial charge in [-0.3, -0.25) is 0 Å². The lowest BCUT2D eigenvalue weighted by atomic mass is 9.84. The topological polar surface area (TPSA) is 81.4 Å². The summed E-state index contributed by atoms with van der Waals surface area (Å²) < 4.78 is 33.2. The Balaban J connectivity index is 2.20. The molecule has 1 aliphatic carbocycles. The molecule has 0 aromatic heterocycles. The van der Waals surface area contributed by atoms with Gasteiger partial charge in [-0.25, -0.2) is 13.1 Å². The van der Waals surface area contributed by atoms with Gasteiger partial charge in [-0.2, -0.15) is 11.8 Å². The van der Waals surface area contributed by atoms with E-state index in [1.54, 1.807) is 23.9 Å². The van der Waals surface area contributed by atoms with Crippen LogP contribution in [0.5, 0.6) is 5.75 Å². The van der Waals surface area contributed by atoms with Gasteiger partial charge in [0.25, 0.3) is 0 Å². The summed E-state index contributed by atoms with van der Waals surface area (Å²) in [7, 11) is -3.62. The SMILES string of the molecule is CCOc1ccc(N)cc1S(=O)(=O)NCC1(SC)CCC1. The van der Waals surface area contributed by atoms with E-state index in [4.69, 9.17) is 10.5 Å². The number of nitrogen functional groups attached to an aromatic ring is 1. The monoisotopic (exact) mass is 330 g/mol. The maximum Gasteiger partial charge on any atom is 0.244 e. The molecule has 1 aromatic rings. The Bertz CT molecular complexity index is 593. The summed E-state index contributed by atoms with van der Waals surface area (Å²) in [6, 6.07) is 4.68. The molecule has 0 saturated heterocycles. The number of rotatable bonds is 7. The molecule has 0 atom stereocenters. The zero-order valence-corrected chi connectivity index (χ0v) is 14.0. The number of thioether (sulfide) groups is 1. The molecular formula is C14H22N2O3S2. The highest BCUT2D eigenvalue weighted by atomic mass is 32.2. The van der Waals surface area contributed by atoms with E-state index in [1.807, 2.05) is 13.2 Å². The van der Waals surface area contributed by atoms with Crippen molar-refractivity contribution in [3.05, 3.63) is 18.2 Å². The highest BCUT2D eigenvalue weighted by Crippen LogP contribution is 2.42. The van der Waals surface area contributed by atoms with Gasteiger partial charge >= 0.3 is 0 Å². The molecule has 0 bridgehead atoms. The first-order chi connectivity index (χ1) is 9.92. The molecule has 0 heterocycles. The van der Waals surface area contributed by atoms with Crippen molar-refractivity contribution in [2.24, 2.45) is 0 Å². The van der Waals surface area contributed by atoms with Crippen molar-refractivity contribution in [3.8, 4) is 5.75 Å². The minimum atomic E-state index is -3.62. The van der Waals surface area contributed by atoms with Crippen molar-refractivity contribution in [2.75, 3.05) is 25.1 Å². The normalized spacial score (nSPS) is 17.2. The molecule has 0 amide bonds. The fraction of sp³-hybridized carbons (Fsp3) is 0.571. The molecule has 0 unspecified atom stereocenters. The molecular weight excluding hydrogens is 308 g/mol. The van der Waals surface area contributed by atoms with E-state index >= 15 is 0 Å². The molecule has 7 heteroatoms. The number of hydrogen-bond donors (Lipinski definition) is 2. The van der Waals surface area contributed by atoms with Gasteiger partial charge in [0.15, 0.2) is 0 Å². The molecule has 3 N–H and O–H groups in total. The number of benzene rings is 1. The van der Waals surface area contributed by atoms with Gasteiger partial charge in [-0.05, 0) is 44.2 Å². The Morgan fingerprint density at radius 1 is 1.43 bits per heavy atom. The van der Waals surface area contributed by atoms with Crippen LogP contribution in [-0.2, 0) is 10.0 Å². The van der Waals surface area contributed by atoms with Crippen molar-refractivity contribution in [2.45, 2.75) is 35.8 Å². The summed E-state index contributed by atoms with van der Waals surface area (Å²) in [6.07, 6.45) is 5.28. The average Bonchev–Trinajstić information content (AvgIpc) is 2.40. The Kier molecular flexibility index (Phi) is 5.06. The maximum absolute atomic E-state index is 12.5. The van der Waals surface area contributed by atoms with Crippen LogP contribution in [0.3, 0.4) is 0 Å². The molecule has 0 aliphatic heterocycles. The lowest BCUT2D eigenvalue weighted by molar-refractivity contribution is 0.330. The number of ether oxygens (including phenoxy) is 1. The summed E-state index contributed by atoms with van der Waals surface area (Å²) in [5.74, 6) is 0.339. The largest absolute Gasteiger partial charge is 0.492 e. The molecule has 0 radical (unpaired) electrons. The van der Waals surface area contributed by atoms with Crippen molar-refractivity contribution in [1.82, 2.24) is 4.72 Å². The lowest BCUT2D eigenvalue weighted by Gasteiger charge is -2.40. The van der Waals surface area contributed by atoms with Gasteiger partial charge in [0.05, 0.1) is 6.61 Å². The molecule has 1 fully saturated rings. The molecule has 1 aliphatic rings. The van der Waals surface area contributed by atoms with Crippen molar-refractivity contribution < 1.29 is 13.2 Å². The third-order valence-electron chi connectivity index (χ3n) is 3.84. The zero-order chi connectivity index (χ0) is 15.5. The molecule has 1 aromatic carbocycles. The predicted molar refractivity (Wildman–Crippen MR) is 87.3 cm³/mol. The van der Waals surface area contributed by atoms with Gasteiger partial charge < -0.3 is 10.5 Å². The van der Waals surface area contributed by atoms with Crippen LogP contribution < -0.4 is 15.2 Å². The summed E-state index contributed by atoms with van der Waals surface area (Å²) >= 11 is 1.73. The average molecular weight is 330 g/mol. The summed E-state index contributed by atoms with van der Waals surface area (Å²) in [5.41, 5.74) is 6.12. The van der Waals surface area contributed by atoms with E-state index in [0.717, 1.165) is 19.3 Å². The predicted octanol–water partition coefficient (Wildman–Crippen LogP) is 2.23. The fourth-order valence-electron chi connectivity index (χ4n) is 2.34.